The van der Waals surface area contributed by atoms with Crippen LogP contribution in [0.4, 0.5) is 0 Å². The van der Waals surface area contributed by atoms with Gasteiger partial charge in [-0.15, -0.1) is 0 Å². The van der Waals surface area contributed by atoms with Crippen LogP contribution in [0.2, 0.25) is 0 Å². The van der Waals surface area contributed by atoms with Crippen LogP contribution in [0.15, 0.2) is 36.8 Å². The van der Waals surface area contributed by atoms with E-state index >= 15 is 0 Å². The minimum absolute atomic E-state index is 0.493. The number of aliphatic hydroxyl groups excluding tert-OH is 1. The second kappa shape index (κ2) is 5.09. The van der Waals surface area contributed by atoms with Crippen LogP contribution < -0.4 is 0 Å². The molecule has 5 nitrogen and oxygen atoms in total. The third kappa shape index (κ3) is 2.10. The molecule has 0 saturated carbocycles. The third-order valence-corrected chi connectivity index (χ3v) is 3.65. The summed E-state index contributed by atoms with van der Waals surface area (Å²) < 4.78 is 3.81. The van der Waals surface area contributed by atoms with Crippen molar-refractivity contribution in [3.63, 3.8) is 0 Å². The van der Waals surface area contributed by atoms with Crippen LogP contribution in [0.25, 0.3) is 10.9 Å². The van der Waals surface area contributed by atoms with Gasteiger partial charge in [0.25, 0.3) is 0 Å². The fourth-order valence-corrected chi connectivity index (χ4v) is 2.60. The highest BCUT2D eigenvalue weighted by Crippen LogP contribution is 2.23. The Morgan fingerprint density at radius 2 is 2.10 bits per heavy atom. The number of aliphatic hydroxyl groups is 1. The largest absolute Gasteiger partial charge is 0.386 e. The van der Waals surface area contributed by atoms with Crippen LogP contribution >= 0.6 is 0 Å². The van der Waals surface area contributed by atoms with E-state index in [1.807, 2.05) is 47.5 Å². The Labute approximate surface area is 117 Å². The molecule has 0 radical (unpaired) electrons. The molecule has 104 valence electrons. The summed E-state index contributed by atoms with van der Waals surface area (Å²) in [6.45, 7) is 2.84. The molecule has 1 unspecified atom stereocenters. The van der Waals surface area contributed by atoms with Gasteiger partial charge in [-0.3, -0.25) is 4.68 Å². The first-order valence-corrected chi connectivity index (χ1v) is 6.79. The maximum absolute atomic E-state index is 10.4. The van der Waals surface area contributed by atoms with Gasteiger partial charge in [-0.25, -0.2) is 4.98 Å². The summed E-state index contributed by atoms with van der Waals surface area (Å²) in [5, 5.41) is 16.0. The first-order chi connectivity index (χ1) is 9.70. The molecule has 1 aromatic carbocycles. The molecular formula is C15H18N4O. The molecule has 3 aromatic rings. The van der Waals surface area contributed by atoms with Crippen molar-refractivity contribution in [2.75, 3.05) is 0 Å². The molecule has 0 spiro atoms. The number of hydrogen-bond donors (Lipinski definition) is 1. The molecule has 0 aliphatic rings. The molecule has 1 N–H and O–H groups in total. The zero-order valence-electron chi connectivity index (χ0n) is 11.7. The summed E-state index contributed by atoms with van der Waals surface area (Å²) in [5.74, 6) is 0. The molecule has 3 rings (SSSR count). The summed E-state index contributed by atoms with van der Waals surface area (Å²) in [4.78, 5) is 4.10. The zero-order chi connectivity index (χ0) is 14.1. The molecule has 0 aliphatic carbocycles. The Morgan fingerprint density at radius 3 is 2.90 bits per heavy atom. The smallest absolute Gasteiger partial charge is 0.101 e. The maximum Gasteiger partial charge on any atom is 0.101 e. The Morgan fingerprint density at radius 1 is 1.30 bits per heavy atom. The van der Waals surface area contributed by atoms with Gasteiger partial charge in [0.2, 0.25) is 0 Å². The highest BCUT2D eigenvalue weighted by molar-refractivity contribution is 5.81. The van der Waals surface area contributed by atoms with Crippen LogP contribution in [0, 0.1) is 0 Å². The lowest BCUT2D eigenvalue weighted by Crippen LogP contribution is -2.09. The highest BCUT2D eigenvalue weighted by atomic mass is 16.3. The number of para-hydroxylation sites is 1. The molecule has 0 amide bonds. The molecule has 0 bridgehead atoms. The predicted octanol–water partition coefficient (Wildman–Crippen LogP) is 2.07. The summed E-state index contributed by atoms with van der Waals surface area (Å²) >= 11 is 0. The molecular weight excluding hydrogens is 252 g/mol. The SMILES string of the molecule is CCn1cncc1C(O)Cc1nn(C)c2ccccc12. The topological polar surface area (TPSA) is 55.9 Å². The van der Waals surface area contributed by atoms with E-state index < -0.39 is 6.10 Å². The van der Waals surface area contributed by atoms with Gasteiger partial charge in [-0.2, -0.15) is 5.10 Å². The van der Waals surface area contributed by atoms with Crippen molar-refractivity contribution < 1.29 is 5.11 Å². The van der Waals surface area contributed by atoms with Crippen LogP contribution in [-0.2, 0) is 20.0 Å². The zero-order valence-corrected chi connectivity index (χ0v) is 11.7. The lowest BCUT2D eigenvalue weighted by Gasteiger charge is -2.11. The van der Waals surface area contributed by atoms with Crippen molar-refractivity contribution in [1.82, 2.24) is 19.3 Å². The van der Waals surface area contributed by atoms with Gasteiger partial charge < -0.3 is 9.67 Å². The van der Waals surface area contributed by atoms with Crippen molar-refractivity contribution in [2.45, 2.75) is 26.0 Å². The second-order valence-corrected chi connectivity index (χ2v) is 4.91. The number of fused-ring (bicyclic) bond motifs is 1. The van der Waals surface area contributed by atoms with Gasteiger partial charge >= 0.3 is 0 Å². The average Bonchev–Trinajstić information content (AvgIpc) is 3.05. The van der Waals surface area contributed by atoms with Crippen molar-refractivity contribution in [3.05, 3.63) is 48.2 Å². The Kier molecular flexibility index (Phi) is 3.28. The summed E-state index contributed by atoms with van der Waals surface area (Å²) in [6.07, 6.45) is 3.37. The fraction of sp³-hybridized carbons (Fsp3) is 0.333. The van der Waals surface area contributed by atoms with Crippen LogP contribution in [0.3, 0.4) is 0 Å². The first-order valence-electron chi connectivity index (χ1n) is 6.79. The van der Waals surface area contributed by atoms with Gasteiger partial charge in [0, 0.05) is 25.4 Å². The van der Waals surface area contributed by atoms with Crippen molar-refractivity contribution >= 4 is 10.9 Å². The molecule has 5 heteroatoms. The normalized spacial score (nSPS) is 12.9. The van der Waals surface area contributed by atoms with E-state index in [4.69, 9.17) is 0 Å². The van der Waals surface area contributed by atoms with Gasteiger partial charge in [-0.05, 0) is 13.0 Å². The van der Waals surface area contributed by atoms with E-state index in [0.717, 1.165) is 28.8 Å². The van der Waals surface area contributed by atoms with Gasteiger partial charge in [0.1, 0.15) is 6.10 Å². The Balaban J connectivity index is 1.93. The monoisotopic (exact) mass is 270 g/mol. The molecule has 0 fully saturated rings. The van der Waals surface area contributed by atoms with E-state index in [0.29, 0.717) is 6.42 Å². The van der Waals surface area contributed by atoms with Gasteiger partial charge in [0.15, 0.2) is 0 Å². The Bertz CT molecular complexity index is 728. The van der Waals surface area contributed by atoms with E-state index in [1.165, 1.54) is 0 Å². The minimum atomic E-state index is -0.587. The lowest BCUT2D eigenvalue weighted by atomic mass is 10.1. The van der Waals surface area contributed by atoms with E-state index in [1.54, 1.807) is 12.5 Å². The molecule has 0 aliphatic heterocycles. The number of hydrogen-bond acceptors (Lipinski definition) is 3. The molecule has 1 atom stereocenters. The van der Waals surface area contributed by atoms with Gasteiger partial charge in [0.05, 0.1) is 29.4 Å². The minimum Gasteiger partial charge on any atom is -0.386 e. The summed E-state index contributed by atoms with van der Waals surface area (Å²) in [6, 6.07) is 8.07. The maximum atomic E-state index is 10.4. The number of aryl methyl sites for hydroxylation is 2. The summed E-state index contributed by atoms with van der Waals surface area (Å²) in [7, 11) is 1.93. The molecule has 20 heavy (non-hydrogen) atoms. The molecule has 2 heterocycles. The predicted molar refractivity (Wildman–Crippen MR) is 77.3 cm³/mol. The summed E-state index contributed by atoms with van der Waals surface area (Å²) in [5.41, 5.74) is 2.83. The van der Waals surface area contributed by atoms with E-state index in [2.05, 4.69) is 10.1 Å². The number of imidazole rings is 1. The second-order valence-electron chi connectivity index (χ2n) is 4.91. The molecule has 0 saturated heterocycles. The number of aromatic nitrogens is 4. The number of benzene rings is 1. The van der Waals surface area contributed by atoms with Crippen LogP contribution in [0.1, 0.15) is 24.4 Å². The fourth-order valence-electron chi connectivity index (χ4n) is 2.60. The van der Waals surface area contributed by atoms with Gasteiger partial charge in [-0.1, -0.05) is 18.2 Å². The van der Waals surface area contributed by atoms with Crippen LogP contribution in [-0.4, -0.2) is 24.4 Å². The van der Waals surface area contributed by atoms with Crippen molar-refractivity contribution in [1.29, 1.82) is 0 Å². The first kappa shape index (κ1) is 12.9. The third-order valence-electron chi connectivity index (χ3n) is 3.65. The Hall–Kier alpha value is -2.14. The number of rotatable bonds is 4. The van der Waals surface area contributed by atoms with E-state index in [-0.39, 0.29) is 0 Å². The molecule has 2 aromatic heterocycles. The van der Waals surface area contributed by atoms with Crippen molar-refractivity contribution in [2.24, 2.45) is 7.05 Å². The number of nitrogens with zero attached hydrogens (tertiary/aromatic N) is 4. The standard InChI is InChI=1S/C15H18N4O/c1-3-19-10-16-9-14(19)15(20)8-12-11-6-4-5-7-13(11)18(2)17-12/h4-7,9-10,15,20H,3,8H2,1-2H3. The van der Waals surface area contributed by atoms with Crippen molar-refractivity contribution in [3.8, 4) is 0 Å². The quantitative estimate of drug-likeness (QED) is 0.789. The van der Waals surface area contributed by atoms with E-state index in [9.17, 15) is 5.11 Å². The van der Waals surface area contributed by atoms with Crippen LogP contribution in [0.5, 0.6) is 0 Å². The highest BCUT2D eigenvalue weighted by Gasteiger charge is 2.17. The average molecular weight is 270 g/mol. The lowest BCUT2D eigenvalue weighted by molar-refractivity contribution is 0.168.